The van der Waals surface area contributed by atoms with E-state index in [-0.39, 0.29) is 18.1 Å². The number of anilines is 1. The van der Waals surface area contributed by atoms with Crippen molar-refractivity contribution in [3.63, 3.8) is 0 Å². The van der Waals surface area contributed by atoms with E-state index in [0.29, 0.717) is 19.7 Å². The summed E-state index contributed by atoms with van der Waals surface area (Å²) in [6.07, 6.45) is 2.79. The van der Waals surface area contributed by atoms with Gasteiger partial charge in [0.2, 0.25) is 0 Å². The van der Waals surface area contributed by atoms with E-state index in [1.807, 2.05) is 17.0 Å². The second-order valence-electron chi connectivity index (χ2n) is 7.01. The summed E-state index contributed by atoms with van der Waals surface area (Å²) in [6, 6.07) is 6.32. The minimum absolute atomic E-state index is 0.0169. The largest absolute Gasteiger partial charge is 0.493 e. The van der Waals surface area contributed by atoms with Crippen LogP contribution in [0.25, 0.3) is 10.2 Å². The zero-order chi connectivity index (χ0) is 17.7. The fourth-order valence-corrected chi connectivity index (χ4v) is 5.30. The molecule has 1 aromatic carbocycles. The van der Waals surface area contributed by atoms with E-state index in [1.165, 1.54) is 0 Å². The van der Waals surface area contributed by atoms with E-state index in [4.69, 9.17) is 15.0 Å². The lowest BCUT2D eigenvalue weighted by Gasteiger charge is -2.26. The molecule has 0 bridgehead atoms. The molecular formula is C18H19N5O2S. The number of hydrogen-bond acceptors (Lipinski definition) is 6. The summed E-state index contributed by atoms with van der Waals surface area (Å²) in [5.74, 6) is 0.910. The molecule has 26 heavy (non-hydrogen) atoms. The number of thiazole rings is 1. The first-order chi connectivity index (χ1) is 12.7. The topological polar surface area (TPSA) is 81.5 Å². The number of ether oxygens (including phenoxy) is 1. The van der Waals surface area contributed by atoms with Crippen molar-refractivity contribution in [1.82, 2.24) is 15.2 Å². The van der Waals surface area contributed by atoms with E-state index < -0.39 is 0 Å². The van der Waals surface area contributed by atoms with Crippen LogP contribution in [0.1, 0.15) is 18.4 Å². The third-order valence-electron chi connectivity index (χ3n) is 5.48. The molecule has 2 saturated heterocycles. The summed E-state index contributed by atoms with van der Waals surface area (Å²) in [6.45, 7) is 2.69. The van der Waals surface area contributed by atoms with Gasteiger partial charge in [-0.05, 0) is 31.5 Å². The molecule has 0 spiro atoms. The highest BCUT2D eigenvalue weighted by Gasteiger charge is 2.43. The van der Waals surface area contributed by atoms with E-state index in [9.17, 15) is 4.79 Å². The Bertz CT molecular complexity index is 920. The number of nitrogens with one attached hydrogen (secondary N) is 1. The number of urea groups is 1. The molecular weight excluding hydrogens is 350 g/mol. The molecule has 7 nitrogen and oxygen atoms in total. The molecule has 8 heteroatoms. The fourth-order valence-electron chi connectivity index (χ4n) is 4.25. The zero-order valence-corrected chi connectivity index (χ0v) is 15.1. The first-order valence-corrected chi connectivity index (χ1v) is 9.80. The molecule has 2 aromatic rings. The Hall–Kier alpha value is -2.37. The average molecular weight is 369 g/mol. The van der Waals surface area contributed by atoms with E-state index in [1.54, 1.807) is 11.3 Å². The normalized spacial score (nSPS) is 25.3. The quantitative estimate of drug-likeness (QED) is 0.820. The number of hydrogen-bond donors (Lipinski definition) is 1. The highest BCUT2D eigenvalue weighted by Crippen LogP contribution is 2.39. The van der Waals surface area contributed by atoms with Crippen molar-refractivity contribution >= 4 is 32.7 Å². The van der Waals surface area contributed by atoms with Crippen LogP contribution in [0.4, 0.5) is 9.93 Å². The van der Waals surface area contributed by atoms with Gasteiger partial charge in [0.25, 0.3) is 0 Å². The lowest BCUT2D eigenvalue weighted by atomic mass is 10.1. The van der Waals surface area contributed by atoms with Crippen LogP contribution in [0.5, 0.6) is 5.75 Å². The first-order valence-electron chi connectivity index (χ1n) is 8.99. The van der Waals surface area contributed by atoms with Gasteiger partial charge in [0.05, 0.1) is 41.5 Å². The third kappa shape index (κ3) is 2.42. The molecule has 2 amide bonds. The number of likely N-dealkylation sites (tertiary alicyclic amines) is 1. The van der Waals surface area contributed by atoms with Crippen molar-refractivity contribution in [2.24, 2.45) is 0 Å². The van der Waals surface area contributed by atoms with E-state index in [2.05, 4.69) is 16.3 Å². The second-order valence-corrected chi connectivity index (χ2v) is 8.02. The van der Waals surface area contributed by atoms with Gasteiger partial charge in [0.1, 0.15) is 5.75 Å². The summed E-state index contributed by atoms with van der Waals surface area (Å²) >= 11 is 1.56. The van der Waals surface area contributed by atoms with Gasteiger partial charge in [-0.15, -0.1) is 0 Å². The summed E-state index contributed by atoms with van der Waals surface area (Å²) in [5, 5.41) is 12.9. The van der Waals surface area contributed by atoms with Crippen LogP contribution in [0.3, 0.4) is 0 Å². The molecule has 1 aromatic heterocycles. The van der Waals surface area contributed by atoms with Crippen LogP contribution >= 0.6 is 11.3 Å². The van der Waals surface area contributed by atoms with Gasteiger partial charge in [-0.1, -0.05) is 11.3 Å². The molecule has 0 aliphatic carbocycles. The Morgan fingerprint density at radius 1 is 1.46 bits per heavy atom. The van der Waals surface area contributed by atoms with Crippen LogP contribution in [-0.4, -0.2) is 54.2 Å². The van der Waals surface area contributed by atoms with Gasteiger partial charge in [-0.2, -0.15) is 5.26 Å². The molecule has 0 saturated carbocycles. The van der Waals surface area contributed by atoms with Crippen LogP contribution in [0.2, 0.25) is 0 Å². The fraction of sp³-hybridized carbons (Fsp3) is 0.500. The van der Waals surface area contributed by atoms with Crippen molar-refractivity contribution in [1.29, 1.82) is 5.26 Å². The molecule has 1 N–H and O–H groups in total. The molecule has 134 valence electrons. The third-order valence-corrected chi connectivity index (χ3v) is 6.50. The molecule has 2 atom stereocenters. The van der Waals surface area contributed by atoms with E-state index in [0.717, 1.165) is 52.5 Å². The molecule has 3 aliphatic heterocycles. The summed E-state index contributed by atoms with van der Waals surface area (Å²) < 4.78 is 6.73. The Labute approximate surface area is 155 Å². The number of nitrogens with zero attached hydrogens (tertiary/aromatic N) is 4. The minimum atomic E-state index is -0.0780. The molecule has 4 heterocycles. The second kappa shape index (κ2) is 6.11. The number of carbonyl (C=O) groups is 1. The number of amides is 2. The molecule has 3 aliphatic rings. The molecule has 0 radical (unpaired) electrons. The number of carbonyl (C=O) groups excluding carboxylic acids is 1. The predicted molar refractivity (Wildman–Crippen MR) is 98.7 cm³/mol. The Balaban J connectivity index is 1.53. The molecule has 2 fully saturated rings. The highest BCUT2D eigenvalue weighted by molar-refractivity contribution is 7.22. The Morgan fingerprint density at radius 2 is 2.38 bits per heavy atom. The Kier molecular flexibility index (Phi) is 3.72. The number of fused-ring (bicyclic) bond motifs is 4. The van der Waals surface area contributed by atoms with Gasteiger partial charge < -0.3 is 10.1 Å². The number of benzene rings is 1. The number of rotatable bonds is 2. The SMILES string of the molecule is N#CCN1CCC[C@@H]2NC(=O)N(c3nc4c5c(ccc4s3)OCC5)[C@@H]2C1. The molecule has 0 unspecified atom stereocenters. The number of nitriles is 1. The van der Waals surface area contributed by atoms with Gasteiger partial charge in [-0.25, -0.2) is 9.78 Å². The predicted octanol–water partition coefficient (Wildman–Crippen LogP) is 2.12. The van der Waals surface area contributed by atoms with Gasteiger partial charge >= 0.3 is 6.03 Å². The van der Waals surface area contributed by atoms with Crippen LogP contribution in [0.15, 0.2) is 12.1 Å². The van der Waals surface area contributed by atoms with Crippen molar-refractivity contribution in [2.75, 3.05) is 31.1 Å². The maximum Gasteiger partial charge on any atom is 0.324 e. The summed E-state index contributed by atoms with van der Waals surface area (Å²) in [7, 11) is 0. The average Bonchev–Trinajstić information content (AvgIpc) is 3.29. The van der Waals surface area contributed by atoms with E-state index >= 15 is 0 Å². The summed E-state index contributed by atoms with van der Waals surface area (Å²) in [5.41, 5.74) is 2.10. The standard InChI is InChI=1S/C18H19N5O2S/c19-6-8-22-7-1-2-12-13(10-22)23(17(24)20-12)18-21-16-11-5-9-25-14(11)3-4-15(16)26-18/h3-4,12-13H,1-2,5,7-10H2,(H,20,24)/t12-,13+/m0/s1. The smallest absolute Gasteiger partial charge is 0.324 e. The minimum Gasteiger partial charge on any atom is -0.493 e. The van der Waals surface area contributed by atoms with Crippen molar-refractivity contribution in [3.8, 4) is 11.8 Å². The molecule has 5 rings (SSSR count). The van der Waals surface area contributed by atoms with Crippen molar-refractivity contribution in [3.05, 3.63) is 17.7 Å². The summed E-state index contributed by atoms with van der Waals surface area (Å²) in [4.78, 5) is 21.5. The van der Waals surface area contributed by atoms with Crippen LogP contribution in [-0.2, 0) is 6.42 Å². The maximum atomic E-state index is 12.7. The van der Waals surface area contributed by atoms with Gasteiger partial charge in [0.15, 0.2) is 5.13 Å². The zero-order valence-electron chi connectivity index (χ0n) is 14.3. The van der Waals surface area contributed by atoms with Crippen molar-refractivity contribution < 1.29 is 9.53 Å². The van der Waals surface area contributed by atoms with Crippen molar-refractivity contribution in [2.45, 2.75) is 31.3 Å². The van der Waals surface area contributed by atoms with Crippen LogP contribution < -0.4 is 15.0 Å². The lowest BCUT2D eigenvalue weighted by molar-refractivity contribution is 0.249. The van der Waals surface area contributed by atoms with Crippen LogP contribution in [0, 0.1) is 11.3 Å². The Morgan fingerprint density at radius 3 is 3.27 bits per heavy atom. The van der Waals surface area contributed by atoms with Gasteiger partial charge in [0, 0.05) is 18.5 Å². The monoisotopic (exact) mass is 369 g/mol. The van der Waals surface area contributed by atoms with Gasteiger partial charge in [-0.3, -0.25) is 9.80 Å². The maximum absolute atomic E-state index is 12.7. The number of aromatic nitrogens is 1. The first kappa shape index (κ1) is 15.9. The lowest BCUT2D eigenvalue weighted by Crippen LogP contribution is -2.44. The highest BCUT2D eigenvalue weighted by atomic mass is 32.1.